The molecule has 1 N–H and O–H groups in total. The van der Waals surface area contributed by atoms with Crippen LogP contribution in [0.2, 0.25) is 0 Å². The van der Waals surface area contributed by atoms with Crippen LogP contribution in [0.5, 0.6) is 0 Å². The summed E-state index contributed by atoms with van der Waals surface area (Å²) in [4.78, 5) is 26.3. The SMILES string of the molecule is CC[C@H](C(=O)Nc1ccccc1C)n1nc(C)c2sc3ccccc3c2c1=O. The highest BCUT2D eigenvalue weighted by molar-refractivity contribution is 7.26. The van der Waals surface area contributed by atoms with Gasteiger partial charge in [-0.1, -0.05) is 43.3 Å². The van der Waals surface area contributed by atoms with Gasteiger partial charge in [0.15, 0.2) is 0 Å². The van der Waals surface area contributed by atoms with Crippen molar-refractivity contribution in [2.24, 2.45) is 0 Å². The number of thiophene rings is 1. The van der Waals surface area contributed by atoms with Gasteiger partial charge in [-0.25, -0.2) is 4.68 Å². The molecule has 0 aliphatic heterocycles. The van der Waals surface area contributed by atoms with E-state index in [1.807, 2.05) is 69.3 Å². The number of benzene rings is 2. The monoisotopic (exact) mass is 391 g/mol. The lowest BCUT2D eigenvalue weighted by atomic mass is 10.1. The molecule has 0 radical (unpaired) electrons. The fourth-order valence-corrected chi connectivity index (χ4v) is 4.62. The Morgan fingerprint density at radius 3 is 2.61 bits per heavy atom. The van der Waals surface area contributed by atoms with Crippen molar-refractivity contribution in [1.29, 1.82) is 0 Å². The van der Waals surface area contributed by atoms with Gasteiger partial charge in [-0.2, -0.15) is 5.10 Å². The quantitative estimate of drug-likeness (QED) is 0.542. The van der Waals surface area contributed by atoms with E-state index in [0.29, 0.717) is 11.8 Å². The molecule has 0 bridgehead atoms. The first-order valence-electron chi connectivity index (χ1n) is 9.28. The van der Waals surface area contributed by atoms with Gasteiger partial charge in [0.1, 0.15) is 6.04 Å². The van der Waals surface area contributed by atoms with Crippen LogP contribution in [-0.4, -0.2) is 15.7 Å². The Hall–Kier alpha value is -2.99. The van der Waals surface area contributed by atoms with Crippen LogP contribution in [0.3, 0.4) is 0 Å². The molecular formula is C22H21N3O2S. The smallest absolute Gasteiger partial charge is 0.276 e. The third kappa shape index (κ3) is 2.99. The molecule has 0 saturated heterocycles. The van der Waals surface area contributed by atoms with Crippen LogP contribution in [0.4, 0.5) is 5.69 Å². The highest BCUT2D eigenvalue weighted by Crippen LogP contribution is 2.33. The van der Waals surface area contributed by atoms with Crippen LogP contribution in [0.25, 0.3) is 20.2 Å². The summed E-state index contributed by atoms with van der Waals surface area (Å²) in [6.07, 6.45) is 0.470. The van der Waals surface area contributed by atoms with Crippen LogP contribution < -0.4 is 10.9 Å². The van der Waals surface area contributed by atoms with Crippen molar-refractivity contribution in [2.45, 2.75) is 33.2 Å². The number of nitrogens with one attached hydrogen (secondary N) is 1. The van der Waals surface area contributed by atoms with E-state index < -0.39 is 6.04 Å². The van der Waals surface area contributed by atoms with Crippen LogP contribution in [0, 0.1) is 13.8 Å². The number of aromatic nitrogens is 2. The molecule has 1 atom stereocenters. The number of nitrogens with zero attached hydrogens (tertiary/aromatic N) is 2. The minimum Gasteiger partial charge on any atom is -0.324 e. The molecule has 4 rings (SSSR count). The lowest BCUT2D eigenvalue weighted by molar-refractivity contribution is -0.119. The lowest BCUT2D eigenvalue weighted by Crippen LogP contribution is -2.35. The molecule has 1 amide bonds. The fourth-order valence-electron chi connectivity index (χ4n) is 3.49. The minimum atomic E-state index is -0.672. The van der Waals surface area contributed by atoms with Gasteiger partial charge >= 0.3 is 0 Å². The molecule has 5 nitrogen and oxygen atoms in total. The summed E-state index contributed by atoms with van der Waals surface area (Å²) in [7, 11) is 0. The lowest BCUT2D eigenvalue weighted by Gasteiger charge is -2.18. The molecule has 4 aromatic rings. The Balaban J connectivity index is 1.83. The zero-order chi connectivity index (χ0) is 19.8. The topological polar surface area (TPSA) is 64.0 Å². The molecule has 2 aromatic heterocycles. The standard InChI is InChI=1S/C22H21N3O2S/c1-4-17(21(26)23-16-11-7-5-9-13(16)2)25-22(27)19-15-10-6-8-12-18(15)28-20(19)14(3)24-25/h5-12,17H,4H2,1-3H3,(H,23,26)/t17-/m1/s1. The minimum absolute atomic E-state index is 0.218. The summed E-state index contributed by atoms with van der Waals surface area (Å²) in [5.41, 5.74) is 2.27. The van der Waals surface area contributed by atoms with Crippen molar-refractivity contribution in [3.8, 4) is 0 Å². The van der Waals surface area contributed by atoms with Gasteiger partial charge < -0.3 is 5.32 Å². The maximum Gasteiger partial charge on any atom is 0.276 e. The number of amides is 1. The van der Waals surface area contributed by atoms with E-state index in [4.69, 9.17) is 0 Å². The Morgan fingerprint density at radius 2 is 1.86 bits per heavy atom. The zero-order valence-electron chi connectivity index (χ0n) is 16.0. The van der Waals surface area contributed by atoms with Crippen molar-refractivity contribution < 1.29 is 4.79 Å². The maximum atomic E-state index is 13.3. The highest BCUT2D eigenvalue weighted by atomic mass is 32.1. The number of para-hydroxylation sites is 1. The number of fused-ring (bicyclic) bond motifs is 3. The fraction of sp³-hybridized carbons (Fsp3) is 0.227. The third-order valence-corrected chi connectivity index (χ3v) is 6.27. The van der Waals surface area contributed by atoms with Gasteiger partial charge in [-0.15, -0.1) is 11.3 Å². The van der Waals surface area contributed by atoms with Crippen LogP contribution in [-0.2, 0) is 4.79 Å². The maximum absolute atomic E-state index is 13.3. The Morgan fingerprint density at radius 1 is 1.14 bits per heavy atom. The molecule has 6 heteroatoms. The van der Waals surface area contributed by atoms with E-state index in [2.05, 4.69) is 10.4 Å². The van der Waals surface area contributed by atoms with E-state index in [9.17, 15) is 9.59 Å². The number of carbonyl (C=O) groups excluding carboxylic acids is 1. The first kappa shape index (κ1) is 18.4. The third-order valence-electron chi connectivity index (χ3n) is 4.99. The number of hydrogen-bond donors (Lipinski definition) is 1. The van der Waals surface area contributed by atoms with Crippen molar-refractivity contribution in [2.75, 3.05) is 5.32 Å². The largest absolute Gasteiger partial charge is 0.324 e. The summed E-state index contributed by atoms with van der Waals surface area (Å²) in [6.45, 7) is 5.72. The average Bonchev–Trinajstić information content (AvgIpc) is 3.08. The van der Waals surface area contributed by atoms with Crippen molar-refractivity contribution in [3.63, 3.8) is 0 Å². The number of aryl methyl sites for hydroxylation is 2. The second-order valence-corrected chi connectivity index (χ2v) is 7.92. The van der Waals surface area contributed by atoms with Crippen LogP contribution in [0.1, 0.15) is 30.6 Å². The second-order valence-electron chi connectivity index (χ2n) is 6.87. The summed E-state index contributed by atoms with van der Waals surface area (Å²) in [5, 5.41) is 9.02. The normalized spacial score (nSPS) is 12.4. The van der Waals surface area contributed by atoms with Gasteiger partial charge in [0.25, 0.3) is 5.56 Å². The molecule has 0 fully saturated rings. The molecule has 0 spiro atoms. The van der Waals surface area contributed by atoms with Gasteiger partial charge in [0, 0.05) is 15.8 Å². The van der Waals surface area contributed by atoms with E-state index in [1.165, 1.54) is 4.68 Å². The molecule has 0 aliphatic carbocycles. The summed E-state index contributed by atoms with van der Waals surface area (Å²) in [5.74, 6) is -0.232. The summed E-state index contributed by atoms with van der Waals surface area (Å²) >= 11 is 1.57. The molecule has 0 unspecified atom stereocenters. The Labute approximate surface area is 166 Å². The van der Waals surface area contributed by atoms with Crippen LogP contribution in [0.15, 0.2) is 53.3 Å². The molecule has 0 aliphatic rings. The zero-order valence-corrected chi connectivity index (χ0v) is 16.8. The van der Waals surface area contributed by atoms with Crippen molar-refractivity contribution in [3.05, 3.63) is 70.1 Å². The molecule has 2 heterocycles. The van der Waals surface area contributed by atoms with Gasteiger partial charge in [0.05, 0.1) is 15.8 Å². The van der Waals surface area contributed by atoms with Crippen molar-refractivity contribution in [1.82, 2.24) is 9.78 Å². The van der Waals surface area contributed by atoms with E-state index >= 15 is 0 Å². The van der Waals surface area contributed by atoms with E-state index in [-0.39, 0.29) is 11.5 Å². The van der Waals surface area contributed by atoms with Crippen LogP contribution >= 0.6 is 11.3 Å². The van der Waals surface area contributed by atoms with Crippen molar-refractivity contribution >= 4 is 43.1 Å². The molecule has 142 valence electrons. The van der Waals surface area contributed by atoms with Gasteiger partial charge in [-0.05, 0) is 38.0 Å². The summed E-state index contributed by atoms with van der Waals surface area (Å²) < 4.78 is 3.29. The highest BCUT2D eigenvalue weighted by Gasteiger charge is 2.24. The first-order valence-corrected chi connectivity index (χ1v) is 10.1. The second kappa shape index (κ2) is 7.20. The first-order chi connectivity index (χ1) is 13.5. The average molecular weight is 391 g/mol. The molecular weight excluding hydrogens is 370 g/mol. The molecule has 28 heavy (non-hydrogen) atoms. The van der Waals surface area contributed by atoms with E-state index in [0.717, 1.165) is 31.7 Å². The Kier molecular flexibility index (Phi) is 4.73. The van der Waals surface area contributed by atoms with Gasteiger partial charge in [0.2, 0.25) is 5.91 Å². The number of rotatable bonds is 4. The molecule has 2 aromatic carbocycles. The van der Waals surface area contributed by atoms with E-state index in [1.54, 1.807) is 11.3 Å². The number of hydrogen-bond acceptors (Lipinski definition) is 4. The number of anilines is 1. The number of carbonyl (C=O) groups is 1. The van der Waals surface area contributed by atoms with Gasteiger partial charge in [-0.3, -0.25) is 9.59 Å². The Bertz CT molecular complexity index is 1260. The predicted molar refractivity (Wildman–Crippen MR) is 115 cm³/mol. The molecule has 0 saturated carbocycles. The summed E-state index contributed by atoms with van der Waals surface area (Å²) in [6, 6.07) is 14.8. The predicted octanol–water partition coefficient (Wildman–Crippen LogP) is 4.82.